The number of likely N-dealkylation sites (N-methyl/N-ethyl adjacent to an activating group) is 1. The van der Waals surface area contributed by atoms with Gasteiger partial charge in [0.05, 0.1) is 18.9 Å². The van der Waals surface area contributed by atoms with Gasteiger partial charge in [-0.15, -0.1) is 0 Å². The molecule has 0 radical (unpaired) electrons. The van der Waals surface area contributed by atoms with E-state index in [2.05, 4.69) is 10.2 Å². The predicted molar refractivity (Wildman–Crippen MR) is 83.2 cm³/mol. The second-order valence-electron chi connectivity index (χ2n) is 6.06. The van der Waals surface area contributed by atoms with E-state index in [1.165, 1.54) is 0 Å². The number of carbonyl (C=O) groups is 2. The van der Waals surface area contributed by atoms with Gasteiger partial charge in [-0.05, 0) is 31.4 Å². The number of rotatable bonds is 3. The third kappa shape index (κ3) is 5.21. The van der Waals surface area contributed by atoms with Crippen molar-refractivity contribution in [3.05, 3.63) is 24.2 Å². The number of ether oxygens (including phenoxy) is 1. The van der Waals surface area contributed by atoms with E-state index in [1.807, 2.05) is 12.1 Å². The molecule has 2 aliphatic heterocycles. The number of amides is 1. The number of carboxylic acid groups (broad SMARTS) is 1. The lowest BCUT2D eigenvalue weighted by molar-refractivity contribution is -0.192. The summed E-state index contributed by atoms with van der Waals surface area (Å²) < 4.78 is 43.1. The zero-order chi connectivity index (χ0) is 19.3. The number of hydrogen-bond donors (Lipinski definition) is 2. The van der Waals surface area contributed by atoms with Gasteiger partial charge < -0.3 is 19.6 Å². The Kier molecular flexibility index (Phi) is 6.65. The normalized spacial score (nSPS) is 25.8. The second kappa shape index (κ2) is 8.54. The molecule has 1 amide bonds. The smallest absolute Gasteiger partial charge is 0.475 e. The van der Waals surface area contributed by atoms with Crippen LogP contribution in [0.2, 0.25) is 0 Å². The average Bonchev–Trinajstić information content (AvgIpc) is 3.24. The molecule has 3 heterocycles. The van der Waals surface area contributed by atoms with Gasteiger partial charge in [0, 0.05) is 19.6 Å². The van der Waals surface area contributed by atoms with E-state index in [4.69, 9.17) is 19.1 Å². The molecular formula is C16H21F3N2O5. The highest BCUT2D eigenvalue weighted by Gasteiger charge is 2.41. The molecule has 2 fully saturated rings. The first kappa shape index (κ1) is 20.2. The maximum atomic E-state index is 11.6. The van der Waals surface area contributed by atoms with Gasteiger partial charge in [0.1, 0.15) is 11.9 Å². The minimum absolute atomic E-state index is 0.00272. The maximum Gasteiger partial charge on any atom is 0.490 e. The Morgan fingerprint density at radius 3 is 2.58 bits per heavy atom. The molecule has 26 heavy (non-hydrogen) atoms. The summed E-state index contributed by atoms with van der Waals surface area (Å²) in [5.74, 6) is -1.76. The number of nitrogens with zero attached hydrogens (tertiary/aromatic N) is 1. The highest BCUT2D eigenvalue weighted by Crippen LogP contribution is 2.32. The summed E-state index contributed by atoms with van der Waals surface area (Å²) in [5, 5.41) is 9.79. The van der Waals surface area contributed by atoms with E-state index in [0.29, 0.717) is 6.04 Å². The number of halogens is 3. The molecule has 0 bridgehead atoms. The van der Waals surface area contributed by atoms with Crippen LogP contribution in [0.1, 0.15) is 25.0 Å². The first-order valence-electron chi connectivity index (χ1n) is 8.16. The Morgan fingerprint density at radius 2 is 2.04 bits per heavy atom. The Morgan fingerprint density at radius 1 is 1.35 bits per heavy atom. The summed E-state index contributed by atoms with van der Waals surface area (Å²) in [6, 6.07) is 4.35. The van der Waals surface area contributed by atoms with Crippen LogP contribution in [0.25, 0.3) is 0 Å². The number of nitrogens with one attached hydrogen (secondary N) is 1. The molecule has 0 aromatic carbocycles. The van der Waals surface area contributed by atoms with Gasteiger partial charge in [-0.1, -0.05) is 0 Å². The van der Waals surface area contributed by atoms with Gasteiger partial charge in [-0.25, -0.2) is 4.79 Å². The molecule has 0 unspecified atom stereocenters. The standard InChI is InChI=1S/C14H20N2O3.C2HF3O2/c1-15-14(17)13-5-4-11-12(19-13)6-7-16(11)9-10-3-2-8-18-10;3-2(4,5)1(6)7/h2-3,8,11-13H,4-7,9H2,1H3,(H,15,17);(H,6,7)/t11-,12-,13-;/m1./s1. The van der Waals surface area contributed by atoms with Crippen molar-refractivity contribution in [3.8, 4) is 0 Å². The van der Waals surface area contributed by atoms with Crippen LogP contribution in [-0.4, -0.2) is 59.9 Å². The molecule has 0 aliphatic carbocycles. The van der Waals surface area contributed by atoms with Crippen LogP contribution in [0.4, 0.5) is 13.2 Å². The first-order valence-corrected chi connectivity index (χ1v) is 8.16. The quantitative estimate of drug-likeness (QED) is 0.833. The van der Waals surface area contributed by atoms with Gasteiger partial charge >= 0.3 is 12.1 Å². The predicted octanol–water partition coefficient (Wildman–Crippen LogP) is 1.78. The zero-order valence-corrected chi connectivity index (χ0v) is 14.2. The molecule has 3 atom stereocenters. The molecule has 2 saturated heterocycles. The van der Waals surface area contributed by atoms with Crippen LogP contribution in [0, 0.1) is 0 Å². The van der Waals surface area contributed by atoms with E-state index >= 15 is 0 Å². The van der Waals surface area contributed by atoms with Gasteiger partial charge in [0.25, 0.3) is 0 Å². The third-order valence-corrected chi connectivity index (χ3v) is 4.38. The van der Waals surface area contributed by atoms with Crippen molar-refractivity contribution >= 4 is 11.9 Å². The van der Waals surface area contributed by atoms with Crippen LogP contribution < -0.4 is 5.32 Å². The molecule has 1 aromatic rings. The van der Waals surface area contributed by atoms with E-state index in [1.54, 1.807) is 13.3 Å². The Balaban J connectivity index is 0.000000298. The number of aliphatic carboxylic acids is 1. The fourth-order valence-electron chi connectivity index (χ4n) is 3.17. The van der Waals surface area contributed by atoms with Crippen LogP contribution in [-0.2, 0) is 20.9 Å². The van der Waals surface area contributed by atoms with Crippen molar-refractivity contribution < 1.29 is 37.0 Å². The maximum absolute atomic E-state index is 11.6. The van der Waals surface area contributed by atoms with E-state index in [-0.39, 0.29) is 18.1 Å². The molecule has 2 aliphatic rings. The molecule has 7 nitrogen and oxygen atoms in total. The topological polar surface area (TPSA) is 92.0 Å². The summed E-state index contributed by atoms with van der Waals surface area (Å²) in [4.78, 5) is 22.9. The summed E-state index contributed by atoms with van der Waals surface area (Å²) in [7, 11) is 1.66. The van der Waals surface area contributed by atoms with Crippen molar-refractivity contribution in [1.82, 2.24) is 10.2 Å². The molecule has 2 N–H and O–H groups in total. The van der Waals surface area contributed by atoms with Crippen molar-refractivity contribution in [3.63, 3.8) is 0 Å². The minimum Gasteiger partial charge on any atom is -0.475 e. The number of furan rings is 1. The molecular weight excluding hydrogens is 357 g/mol. The lowest BCUT2D eigenvalue weighted by Gasteiger charge is -2.35. The zero-order valence-electron chi connectivity index (χ0n) is 14.2. The monoisotopic (exact) mass is 378 g/mol. The molecule has 3 rings (SSSR count). The summed E-state index contributed by atoms with van der Waals surface area (Å²) in [5.41, 5.74) is 0. The second-order valence-corrected chi connectivity index (χ2v) is 6.06. The Hall–Kier alpha value is -2.07. The average molecular weight is 378 g/mol. The van der Waals surface area contributed by atoms with Crippen LogP contribution >= 0.6 is 0 Å². The lowest BCUT2D eigenvalue weighted by atomic mass is 9.98. The van der Waals surface area contributed by atoms with Crippen molar-refractivity contribution in [1.29, 1.82) is 0 Å². The Bertz CT molecular complexity index is 606. The molecule has 10 heteroatoms. The summed E-state index contributed by atoms with van der Waals surface area (Å²) in [6.45, 7) is 1.85. The number of carbonyl (C=O) groups excluding carboxylic acids is 1. The molecule has 146 valence electrons. The van der Waals surface area contributed by atoms with Crippen molar-refractivity contribution in [2.75, 3.05) is 13.6 Å². The summed E-state index contributed by atoms with van der Waals surface area (Å²) in [6.07, 6.45) is -0.638. The number of hydrogen-bond acceptors (Lipinski definition) is 5. The van der Waals surface area contributed by atoms with Gasteiger partial charge in [-0.3, -0.25) is 9.69 Å². The molecule has 0 saturated carbocycles. The molecule has 0 spiro atoms. The van der Waals surface area contributed by atoms with Crippen LogP contribution in [0.3, 0.4) is 0 Å². The van der Waals surface area contributed by atoms with E-state index < -0.39 is 12.1 Å². The summed E-state index contributed by atoms with van der Waals surface area (Å²) >= 11 is 0. The highest BCUT2D eigenvalue weighted by atomic mass is 19.4. The van der Waals surface area contributed by atoms with Gasteiger partial charge in [-0.2, -0.15) is 13.2 Å². The number of carboxylic acids is 1. The van der Waals surface area contributed by atoms with E-state index in [0.717, 1.165) is 38.1 Å². The number of fused-ring (bicyclic) bond motifs is 1. The van der Waals surface area contributed by atoms with Crippen LogP contribution in [0.15, 0.2) is 22.8 Å². The SMILES string of the molecule is CNC(=O)[C@H]1CC[C@@H]2[C@@H](CCN2Cc2ccco2)O1.O=C(O)C(F)(F)F. The fourth-order valence-corrected chi connectivity index (χ4v) is 3.17. The Labute approximate surface area is 148 Å². The lowest BCUT2D eigenvalue weighted by Crippen LogP contribution is -2.47. The molecule has 1 aromatic heterocycles. The first-order chi connectivity index (χ1) is 12.2. The van der Waals surface area contributed by atoms with Crippen molar-refractivity contribution in [2.24, 2.45) is 0 Å². The van der Waals surface area contributed by atoms with Crippen molar-refractivity contribution in [2.45, 2.75) is 50.2 Å². The number of alkyl halides is 3. The van der Waals surface area contributed by atoms with Crippen LogP contribution in [0.5, 0.6) is 0 Å². The minimum atomic E-state index is -5.08. The fraction of sp³-hybridized carbons (Fsp3) is 0.625. The van der Waals surface area contributed by atoms with Gasteiger partial charge in [0.2, 0.25) is 5.91 Å². The van der Waals surface area contributed by atoms with Gasteiger partial charge in [0.15, 0.2) is 0 Å². The largest absolute Gasteiger partial charge is 0.490 e. The third-order valence-electron chi connectivity index (χ3n) is 4.38. The highest BCUT2D eigenvalue weighted by molar-refractivity contribution is 5.80. The van der Waals surface area contributed by atoms with E-state index in [9.17, 15) is 18.0 Å². The number of likely N-dealkylation sites (tertiary alicyclic amines) is 1.